The van der Waals surface area contributed by atoms with Crippen LogP contribution in [0.25, 0.3) is 11.6 Å². The Kier molecular flexibility index (Phi) is 32.2. The minimum absolute atomic E-state index is 0. The van der Waals surface area contributed by atoms with E-state index >= 15 is 0 Å². The summed E-state index contributed by atoms with van der Waals surface area (Å²) in [5.74, 6) is -1.51. The molecule has 9 nitrogen and oxygen atoms in total. The zero-order valence-electron chi connectivity index (χ0n) is 52.4. The Hall–Kier alpha value is -8.46. The van der Waals surface area contributed by atoms with Crippen molar-refractivity contribution in [3.8, 4) is 11.6 Å². The van der Waals surface area contributed by atoms with Gasteiger partial charge in [-0.1, -0.05) is 218 Å². The summed E-state index contributed by atoms with van der Waals surface area (Å²) in [6.07, 6.45) is -1.84. The molecule has 0 unspecified atom stereocenters. The summed E-state index contributed by atoms with van der Waals surface area (Å²) >= 11 is 0. The zero-order valence-corrected chi connectivity index (χ0v) is 59.0. The summed E-state index contributed by atoms with van der Waals surface area (Å²) in [7, 11) is -8.45. The minimum atomic E-state index is -4.94. The summed E-state index contributed by atoms with van der Waals surface area (Å²) in [5.41, 5.74) is 0. The summed E-state index contributed by atoms with van der Waals surface area (Å²) in [6, 6.07) is 132. The number of benzene rings is 12. The van der Waals surface area contributed by atoms with Gasteiger partial charge in [0.05, 0.1) is 31.7 Å². The van der Waals surface area contributed by atoms with Crippen LogP contribution < -0.4 is 87.4 Å². The minimum Gasteiger partial charge on any atom is -0.412 e. The summed E-state index contributed by atoms with van der Waals surface area (Å²) < 4.78 is 70.3. The van der Waals surface area contributed by atoms with Gasteiger partial charge in [-0.15, -0.1) is 10.2 Å². The van der Waals surface area contributed by atoms with Crippen LogP contribution in [0.5, 0.6) is 0 Å². The summed E-state index contributed by atoms with van der Waals surface area (Å²) in [4.78, 5) is 10.6. The molecule has 12 aromatic carbocycles. The van der Waals surface area contributed by atoms with E-state index in [9.17, 15) is 13.2 Å². The maximum Gasteiger partial charge on any atom is 1.00 e. The molecule has 19 heteroatoms. The van der Waals surface area contributed by atoms with E-state index in [2.05, 4.69) is 389 Å². The van der Waals surface area contributed by atoms with Crippen LogP contribution in [0.4, 0.5) is 13.2 Å². The van der Waals surface area contributed by atoms with Crippen molar-refractivity contribution in [1.82, 2.24) is 25.1 Å². The SMILES string of the molecule is FC(F)(F)c1n[n-]c(-c2ncccn2)n1.[Cu+].[Cu+].[O-][Cl+3]([O-])([O-])[O-].c1ccc([PH+](c2ccccc2)c2ccccc2)cc1.c1ccc([PH+](c2ccccc2)c2ccccc2)cc1.c1ccc([PH+](c2ccccc2)c2ccccc2)cc1.c1ccc([PH+](c2ccccc2)c2ccccc2)cc1. The third-order valence-corrected chi connectivity index (χ3v) is 25.1. The smallest absolute Gasteiger partial charge is 0.412 e. The first-order valence-corrected chi connectivity index (χ1v) is 37.6. The average Bonchev–Trinajstić information content (AvgIpc) is 1.12. The van der Waals surface area contributed by atoms with Crippen LogP contribution in [0.1, 0.15) is 5.82 Å². The van der Waals surface area contributed by atoms with Gasteiger partial charge in [-0.05, 0) is 152 Å². The molecule has 2 aromatic heterocycles. The average molecular weight is 1490 g/mol. The van der Waals surface area contributed by atoms with Crippen molar-refractivity contribution in [2.75, 3.05) is 0 Å². The largest absolute Gasteiger partial charge is 1.00 e. The van der Waals surface area contributed by atoms with Crippen LogP contribution in [0, 0.1) is 10.2 Å². The number of hydrogen-bond acceptors (Lipinski definition) is 8. The third kappa shape index (κ3) is 24.8. The van der Waals surface area contributed by atoms with Gasteiger partial charge in [0.2, 0.25) is 0 Å². The molecule has 0 amide bonds. The van der Waals surface area contributed by atoms with E-state index in [1.165, 1.54) is 82.1 Å². The molecule has 14 rings (SSSR count). The van der Waals surface area contributed by atoms with E-state index in [1.54, 1.807) is 0 Å². The summed E-state index contributed by atoms with van der Waals surface area (Å²) in [6.45, 7) is 0. The fourth-order valence-corrected chi connectivity index (χ4v) is 20.4. The molecule has 0 fully saturated rings. The second-order valence-electron chi connectivity index (χ2n) is 20.8. The number of aromatic nitrogens is 5. The molecule has 0 bridgehead atoms. The topological polar surface area (TPSA) is 158 Å². The van der Waals surface area contributed by atoms with Crippen LogP contribution in [0.2, 0.25) is 0 Å². The van der Waals surface area contributed by atoms with Crippen molar-refractivity contribution in [3.63, 3.8) is 0 Å². The van der Waals surface area contributed by atoms with Gasteiger partial charge >= 0.3 is 40.3 Å². The predicted molar refractivity (Wildman–Crippen MR) is 388 cm³/mol. The van der Waals surface area contributed by atoms with Gasteiger partial charge in [-0.25, -0.2) is 28.6 Å². The van der Waals surface area contributed by atoms with E-state index in [0.29, 0.717) is 0 Å². The molecule has 0 atom stereocenters. The predicted octanol–water partition coefficient (Wildman–Crippen LogP) is 8.86. The normalized spacial score (nSPS) is 10.6. The Bertz CT molecular complexity index is 3540. The number of nitrogens with zero attached hydrogens (tertiary/aromatic N) is 5. The van der Waals surface area contributed by atoms with Gasteiger partial charge in [-0.3, -0.25) is 5.10 Å². The van der Waals surface area contributed by atoms with Gasteiger partial charge in [0, 0.05) is 18.2 Å². The monoisotopic (exact) mass is 1490 g/mol. The van der Waals surface area contributed by atoms with Crippen LogP contribution in [-0.2, 0) is 40.3 Å². The van der Waals surface area contributed by atoms with E-state index < -0.39 is 53.9 Å². The molecule has 98 heavy (non-hydrogen) atoms. The molecule has 0 saturated carbocycles. The van der Waals surface area contributed by atoms with Crippen molar-refractivity contribution >= 4 is 95.3 Å². The number of rotatable bonds is 13. The maximum absolute atomic E-state index is 12.1. The first-order chi connectivity index (χ1) is 46.9. The van der Waals surface area contributed by atoms with E-state index in [1.807, 2.05) is 0 Å². The fourth-order valence-electron chi connectivity index (χ4n) is 10.1. The van der Waals surface area contributed by atoms with Gasteiger partial charge < -0.3 is 10.1 Å². The van der Waals surface area contributed by atoms with Crippen molar-refractivity contribution in [1.29, 1.82) is 0 Å². The molecule has 0 radical (unpaired) electrons. The van der Waals surface area contributed by atoms with Crippen molar-refractivity contribution in [3.05, 3.63) is 388 Å². The number of hydrogen-bond donors (Lipinski definition) is 0. The first-order valence-electron chi connectivity index (χ1n) is 30.3. The first kappa shape index (κ1) is 76.9. The standard InChI is InChI=1S/4C18H15P.C7H3F3N5.ClHO4.2Cu/c4*1-4-10-16(11-5-1)19(17-12-6-2-7-13-17)18-14-8-3-9-15-18;8-7(9,10)6-13-5(14-15-6)4-11-2-1-3-12-4;2-1(3,4)5;;/h4*1-15H;1-3H;(H,2,3,4,5);;/q;;;;-1;;2*+1/p+3. The van der Waals surface area contributed by atoms with Crippen LogP contribution in [0.3, 0.4) is 0 Å². The van der Waals surface area contributed by atoms with E-state index in [-0.39, 0.29) is 45.8 Å². The Balaban J connectivity index is 0.000000169. The molecule has 0 aliphatic heterocycles. The van der Waals surface area contributed by atoms with Crippen LogP contribution in [-0.4, -0.2) is 20.1 Å². The fraction of sp³-hybridized carbons (Fsp3) is 0.0127. The number of halogens is 4. The quantitative estimate of drug-likeness (QED) is 0.0813. The third-order valence-electron chi connectivity index (χ3n) is 14.2. The molecular formula is C79H67ClCu2F3N5O4P4+4. The van der Waals surface area contributed by atoms with Gasteiger partial charge in [0.15, 0.2) is 5.82 Å². The van der Waals surface area contributed by atoms with Crippen LogP contribution in [0.15, 0.2) is 382 Å². The molecule has 0 saturated heterocycles. The van der Waals surface area contributed by atoms with Gasteiger partial charge in [-0.2, -0.15) is 13.2 Å². The van der Waals surface area contributed by atoms with Gasteiger partial charge in [0.1, 0.15) is 69.5 Å². The van der Waals surface area contributed by atoms with E-state index in [4.69, 9.17) is 18.6 Å². The van der Waals surface area contributed by atoms with Crippen molar-refractivity contribution in [2.45, 2.75) is 6.18 Å². The molecule has 2 heterocycles. The Labute approximate surface area is 598 Å². The molecule has 498 valence electrons. The molecule has 0 spiro atoms. The van der Waals surface area contributed by atoms with E-state index in [0.717, 1.165) is 0 Å². The molecule has 0 aliphatic rings. The number of alkyl halides is 3. The Morgan fingerprint density at radius 3 is 0.551 bits per heavy atom. The zero-order chi connectivity index (χ0) is 67.1. The summed E-state index contributed by atoms with van der Waals surface area (Å²) in [5, 5.41) is 23.4. The van der Waals surface area contributed by atoms with Gasteiger partial charge in [0.25, 0.3) is 0 Å². The second-order valence-corrected chi connectivity index (χ2v) is 31.5. The maximum atomic E-state index is 12.1. The second kappa shape index (κ2) is 41.1. The molecular weight excluding hydrogens is 1430 g/mol. The Morgan fingerprint density at radius 1 is 0.265 bits per heavy atom. The molecule has 0 N–H and O–H groups in total. The molecule has 14 aromatic rings. The molecule has 0 aliphatic carbocycles. The van der Waals surface area contributed by atoms with Crippen molar-refractivity contribution < 1.29 is 76.2 Å². The Morgan fingerprint density at radius 2 is 0.418 bits per heavy atom. The van der Waals surface area contributed by atoms with Crippen LogP contribution >= 0.6 is 31.7 Å². The van der Waals surface area contributed by atoms with Crippen molar-refractivity contribution in [2.24, 2.45) is 0 Å².